The van der Waals surface area contributed by atoms with Gasteiger partial charge in [0.05, 0.1) is 13.5 Å². The Kier molecular flexibility index (Phi) is 3.23. The van der Waals surface area contributed by atoms with E-state index in [0.717, 1.165) is 16.8 Å². The molecule has 0 spiro atoms. The van der Waals surface area contributed by atoms with E-state index in [1.54, 1.807) is 0 Å². The number of carbonyl (C=O) groups excluding carboxylic acids is 1. The van der Waals surface area contributed by atoms with Crippen molar-refractivity contribution in [3.63, 3.8) is 0 Å². The molecule has 7 heteroatoms. The van der Waals surface area contributed by atoms with Crippen molar-refractivity contribution in [3.05, 3.63) is 0 Å². The molecule has 1 aliphatic rings. The van der Waals surface area contributed by atoms with Gasteiger partial charge in [0.1, 0.15) is 5.25 Å². The zero-order chi connectivity index (χ0) is 10.0. The molecule has 1 heterocycles. The number of rotatable bonds is 3. The average Bonchev–Trinajstić information content (AvgIpc) is 2.26. The SMILES string of the molecule is CON1C(=O)C(CC(=O)O)SC1=S. The lowest BCUT2D eigenvalue weighted by Gasteiger charge is -2.10. The number of thiocarbonyl (C=S) groups is 1. The van der Waals surface area contributed by atoms with Gasteiger partial charge in [-0.15, -0.1) is 0 Å². The van der Waals surface area contributed by atoms with Crippen molar-refractivity contribution >= 4 is 40.2 Å². The first-order valence-corrected chi connectivity index (χ1v) is 4.65. The van der Waals surface area contributed by atoms with Crippen molar-refractivity contribution in [1.82, 2.24) is 5.06 Å². The van der Waals surface area contributed by atoms with E-state index in [4.69, 9.17) is 17.3 Å². The smallest absolute Gasteiger partial charge is 0.305 e. The van der Waals surface area contributed by atoms with Crippen LogP contribution in [0.4, 0.5) is 0 Å². The number of hydroxylamine groups is 2. The Morgan fingerprint density at radius 1 is 1.85 bits per heavy atom. The molecule has 1 amide bonds. The predicted molar refractivity (Wildman–Crippen MR) is 50.1 cm³/mol. The minimum atomic E-state index is -1.02. The van der Waals surface area contributed by atoms with Gasteiger partial charge in [-0.2, -0.15) is 5.06 Å². The summed E-state index contributed by atoms with van der Waals surface area (Å²) in [7, 11) is 1.31. The third kappa shape index (κ3) is 2.17. The summed E-state index contributed by atoms with van der Waals surface area (Å²) in [5, 5.41) is 8.76. The van der Waals surface area contributed by atoms with Gasteiger partial charge in [0, 0.05) is 0 Å². The number of thioether (sulfide) groups is 1. The Labute approximate surface area is 84.0 Å². The number of carboxylic acid groups (broad SMARTS) is 1. The molecule has 0 aliphatic carbocycles. The molecule has 0 aromatic heterocycles. The van der Waals surface area contributed by atoms with E-state index in [9.17, 15) is 9.59 Å². The Hall–Kier alpha value is -0.660. The third-order valence-electron chi connectivity index (χ3n) is 1.43. The van der Waals surface area contributed by atoms with E-state index >= 15 is 0 Å². The van der Waals surface area contributed by atoms with E-state index in [-0.39, 0.29) is 10.7 Å². The lowest BCUT2D eigenvalue weighted by atomic mass is 10.3. The summed E-state index contributed by atoms with van der Waals surface area (Å²) in [4.78, 5) is 26.3. The second-order valence-corrected chi connectivity index (χ2v) is 4.12. The summed E-state index contributed by atoms with van der Waals surface area (Å²) in [5.74, 6) is -1.42. The van der Waals surface area contributed by atoms with Gasteiger partial charge in [-0.05, 0) is 12.2 Å². The number of nitrogens with zero attached hydrogens (tertiary/aromatic N) is 1. The lowest BCUT2D eigenvalue weighted by Crippen LogP contribution is -2.31. The highest BCUT2D eigenvalue weighted by Crippen LogP contribution is 2.29. The van der Waals surface area contributed by atoms with Crippen LogP contribution in [0.15, 0.2) is 0 Å². The molecule has 5 nitrogen and oxygen atoms in total. The van der Waals surface area contributed by atoms with E-state index in [1.165, 1.54) is 7.11 Å². The van der Waals surface area contributed by atoms with Gasteiger partial charge in [0.2, 0.25) is 0 Å². The molecule has 1 fully saturated rings. The molecule has 0 radical (unpaired) electrons. The second kappa shape index (κ2) is 4.03. The van der Waals surface area contributed by atoms with Gasteiger partial charge in [0.25, 0.3) is 5.91 Å². The van der Waals surface area contributed by atoms with E-state index in [1.807, 2.05) is 0 Å². The summed E-state index contributed by atoms with van der Waals surface area (Å²) >= 11 is 5.83. The molecular formula is C6H7NO4S2. The first-order chi connectivity index (χ1) is 6.06. The van der Waals surface area contributed by atoms with Gasteiger partial charge in [-0.25, -0.2) is 0 Å². The van der Waals surface area contributed by atoms with Crippen molar-refractivity contribution < 1.29 is 19.5 Å². The number of hydrogen-bond donors (Lipinski definition) is 1. The molecule has 0 aromatic carbocycles. The van der Waals surface area contributed by atoms with E-state index in [2.05, 4.69) is 4.84 Å². The first-order valence-electron chi connectivity index (χ1n) is 3.36. The maximum Gasteiger partial charge on any atom is 0.305 e. The van der Waals surface area contributed by atoms with Crippen LogP contribution in [-0.2, 0) is 14.4 Å². The molecule has 72 valence electrons. The molecule has 0 saturated carbocycles. The van der Waals surface area contributed by atoms with Crippen molar-refractivity contribution in [2.24, 2.45) is 0 Å². The van der Waals surface area contributed by atoms with Crippen LogP contribution in [0.1, 0.15) is 6.42 Å². The van der Waals surface area contributed by atoms with Crippen LogP contribution in [-0.4, -0.2) is 38.7 Å². The fourth-order valence-electron chi connectivity index (χ4n) is 0.893. The standard InChI is InChI=1S/C6H7NO4S2/c1-11-7-5(10)3(2-4(8)9)13-6(7)12/h3H,2H2,1H3,(H,8,9). The summed E-state index contributed by atoms with van der Waals surface area (Å²) in [6.07, 6.45) is -0.233. The molecule has 1 atom stereocenters. The number of aliphatic carboxylic acids is 1. The quantitative estimate of drug-likeness (QED) is 0.689. The van der Waals surface area contributed by atoms with Crippen LogP contribution in [0.5, 0.6) is 0 Å². The zero-order valence-corrected chi connectivity index (χ0v) is 8.35. The summed E-state index contributed by atoms with van der Waals surface area (Å²) in [6, 6.07) is 0. The predicted octanol–water partition coefficient (Wildman–Crippen LogP) is 0.251. The molecule has 1 N–H and O–H groups in total. The van der Waals surface area contributed by atoms with Crippen molar-refractivity contribution in [2.45, 2.75) is 11.7 Å². The monoisotopic (exact) mass is 221 g/mol. The topological polar surface area (TPSA) is 66.8 Å². The van der Waals surface area contributed by atoms with Crippen LogP contribution in [0, 0.1) is 0 Å². The molecule has 0 aromatic rings. The highest BCUT2D eigenvalue weighted by atomic mass is 32.2. The molecule has 1 unspecified atom stereocenters. The Morgan fingerprint density at radius 2 is 2.46 bits per heavy atom. The van der Waals surface area contributed by atoms with Gasteiger partial charge < -0.3 is 5.11 Å². The van der Waals surface area contributed by atoms with Crippen LogP contribution in [0.3, 0.4) is 0 Å². The fourth-order valence-corrected chi connectivity index (χ4v) is 2.33. The van der Waals surface area contributed by atoms with Crippen LogP contribution >= 0.6 is 24.0 Å². The fraction of sp³-hybridized carbons (Fsp3) is 0.500. The minimum Gasteiger partial charge on any atom is -0.481 e. The van der Waals surface area contributed by atoms with Crippen molar-refractivity contribution in [1.29, 1.82) is 0 Å². The number of carboxylic acids is 1. The van der Waals surface area contributed by atoms with Gasteiger partial charge >= 0.3 is 5.97 Å². The van der Waals surface area contributed by atoms with Gasteiger partial charge in [-0.1, -0.05) is 11.8 Å². The molecule has 0 bridgehead atoms. The Balaban J connectivity index is 2.67. The number of hydrogen-bond acceptors (Lipinski definition) is 5. The highest BCUT2D eigenvalue weighted by Gasteiger charge is 2.38. The summed E-state index contributed by atoms with van der Waals surface area (Å²) in [6.45, 7) is 0. The largest absolute Gasteiger partial charge is 0.481 e. The van der Waals surface area contributed by atoms with Crippen molar-refractivity contribution in [2.75, 3.05) is 7.11 Å². The Morgan fingerprint density at radius 3 is 2.85 bits per heavy atom. The maximum absolute atomic E-state index is 11.3. The molecule has 1 saturated heterocycles. The lowest BCUT2D eigenvalue weighted by molar-refractivity contribution is -0.154. The van der Waals surface area contributed by atoms with Crippen LogP contribution in [0.25, 0.3) is 0 Å². The molecular weight excluding hydrogens is 214 g/mol. The second-order valence-electron chi connectivity index (χ2n) is 2.29. The normalized spacial score (nSPS) is 22.5. The first kappa shape index (κ1) is 10.4. The molecule has 1 rings (SSSR count). The Bertz CT molecular complexity index is 267. The summed E-state index contributed by atoms with van der Waals surface area (Å²) in [5.41, 5.74) is 0. The van der Waals surface area contributed by atoms with Crippen molar-refractivity contribution in [3.8, 4) is 0 Å². The molecule has 13 heavy (non-hydrogen) atoms. The van der Waals surface area contributed by atoms with Crippen LogP contribution < -0.4 is 0 Å². The maximum atomic E-state index is 11.3. The minimum absolute atomic E-state index is 0.233. The third-order valence-corrected chi connectivity index (χ3v) is 2.90. The summed E-state index contributed by atoms with van der Waals surface area (Å²) < 4.78 is 0.263. The average molecular weight is 221 g/mol. The van der Waals surface area contributed by atoms with Gasteiger partial charge in [-0.3, -0.25) is 14.4 Å². The number of amides is 1. The van der Waals surface area contributed by atoms with E-state index < -0.39 is 17.1 Å². The zero-order valence-electron chi connectivity index (χ0n) is 6.72. The molecule has 1 aliphatic heterocycles. The number of carbonyl (C=O) groups is 2. The van der Waals surface area contributed by atoms with Crippen LogP contribution in [0.2, 0.25) is 0 Å². The van der Waals surface area contributed by atoms with Gasteiger partial charge in [0.15, 0.2) is 4.32 Å². The van der Waals surface area contributed by atoms with E-state index in [0.29, 0.717) is 0 Å². The highest BCUT2D eigenvalue weighted by molar-refractivity contribution is 8.24.